The molecular formula is C17H13N5OS. The molecule has 7 heteroatoms. The van der Waals surface area contributed by atoms with Crippen molar-refractivity contribution < 1.29 is 4.74 Å². The topological polar surface area (TPSA) is 57.2 Å². The monoisotopic (exact) mass is 335 g/mol. The molecule has 0 spiro atoms. The minimum Gasteiger partial charge on any atom is -0.494 e. The van der Waals surface area contributed by atoms with Gasteiger partial charge >= 0.3 is 0 Å². The lowest BCUT2D eigenvalue weighted by molar-refractivity contribution is 0.417. The van der Waals surface area contributed by atoms with Gasteiger partial charge in [0, 0.05) is 42.1 Å². The van der Waals surface area contributed by atoms with Crippen LogP contribution in [0.15, 0.2) is 42.4 Å². The molecule has 0 saturated carbocycles. The van der Waals surface area contributed by atoms with E-state index in [-0.39, 0.29) is 0 Å². The molecule has 0 amide bonds. The summed E-state index contributed by atoms with van der Waals surface area (Å²) in [4.78, 5) is 4.17. The van der Waals surface area contributed by atoms with Gasteiger partial charge in [0.25, 0.3) is 0 Å². The summed E-state index contributed by atoms with van der Waals surface area (Å²) in [6.07, 6.45) is 9.20. The highest BCUT2D eigenvalue weighted by molar-refractivity contribution is 7.10. The molecule has 0 atom stereocenters. The number of hydrogen-bond donors (Lipinski definition) is 0. The van der Waals surface area contributed by atoms with Crippen molar-refractivity contribution in [3.05, 3.63) is 53.0 Å². The van der Waals surface area contributed by atoms with Crippen molar-refractivity contribution >= 4 is 16.9 Å². The standard InChI is InChI=1S/C17H13N5OS/c1-21-10-14(9-19-21)13-7-15(23-2)17-12(8-20-22(17)11-13)3-4-16-18-5-6-24-16/h5-11H,1-2H3. The molecule has 0 saturated heterocycles. The molecule has 0 aliphatic rings. The van der Waals surface area contributed by atoms with Crippen molar-refractivity contribution in [1.29, 1.82) is 0 Å². The number of aromatic nitrogens is 5. The van der Waals surface area contributed by atoms with Crippen LogP contribution >= 0.6 is 11.3 Å². The van der Waals surface area contributed by atoms with Crippen LogP contribution in [0.25, 0.3) is 16.6 Å². The fraction of sp³-hybridized carbons (Fsp3) is 0.118. The molecule has 0 aliphatic carbocycles. The lowest BCUT2D eigenvalue weighted by atomic mass is 10.1. The van der Waals surface area contributed by atoms with E-state index in [0.29, 0.717) is 0 Å². The molecule has 4 heterocycles. The summed E-state index contributed by atoms with van der Waals surface area (Å²) in [5, 5.41) is 11.3. The number of pyridine rings is 1. The first-order valence-corrected chi connectivity index (χ1v) is 8.08. The highest BCUT2D eigenvalue weighted by atomic mass is 32.1. The van der Waals surface area contributed by atoms with E-state index in [1.807, 2.05) is 37.1 Å². The molecule has 0 N–H and O–H groups in total. The summed E-state index contributed by atoms with van der Waals surface area (Å²) in [5.74, 6) is 6.90. The lowest BCUT2D eigenvalue weighted by Gasteiger charge is -2.06. The maximum atomic E-state index is 5.56. The molecule has 118 valence electrons. The van der Waals surface area contributed by atoms with Gasteiger partial charge in [-0.2, -0.15) is 10.2 Å². The predicted molar refractivity (Wildman–Crippen MR) is 92.0 cm³/mol. The SMILES string of the molecule is COc1cc(-c2cnn(C)c2)cn2ncc(C#Cc3nccs3)c12. The Hall–Kier alpha value is -3.11. The van der Waals surface area contributed by atoms with Gasteiger partial charge in [-0.15, -0.1) is 11.3 Å². The molecule has 0 aliphatic heterocycles. The van der Waals surface area contributed by atoms with Gasteiger partial charge in [0.05, 0.1) is 25.1 Å². The summed E-state index contributed by atoms with van der Waals surface area (Å²) < 4.78 is 9.11. The predicted octanol–water partition coefficient (Wildman–Crippen LogP) is 2.60. The molecule has 4 aromatic heterocycles. The first-order chi connectivity index (χ1) is 11.7. The molecule has 0 fully saturated rings. The van der Waals surface area contributed by atoms with Crippen LogP contribution in [0, 0.1) is 11.8 Å². The molecule has 0 unspecified atom stereocenters. The number of fused-ring (bicyclic) bond motifs is 1. The zero-order valence-electron chi connectivity index (χ0n) is 13.1. The molecule has 0 bridgehead atoms. The Labute approximate surface area is 142 Å². The zero-order chi connectivity index (χ0) is 16.5. The number of thiazole rings is 1. The van der Waals surface area contributed by atoms with Gasteiger partial charge in [0.1, 0.15) is 11.3 Å². The highest BCUT2D eigenvalue weighted by Gasteiger charge is 2.12. The molecule has 4 rings (SSSR count). The highest BCUT2D eigenvalue weighted by Crippen LogP contribution is 2.29. The zero-order valence-corrected chi connectivity index (χ0v) is 13.9. The third kappa shape index (κ3) is 2.53. The van der Waals surface area contributed by atoms with E-state index in [2.05, 4.69) is 27.0 Å². The average Bonchev–Trinajstić information content (AvgIpc) is 3.32. The maximum absolute atomic E-state index is 5.56. The third-order valence-corrected chi connectivity index (χ3v) is 4.26. The van der Waals surface area contributed by atoms with Gasteiger partial charge in [-0.05, 0) is 12.0 Å². The van der Waals surface area contributed by atoms with Gasteiger partial charge in [-0.1, -0.05) is 5.92 Å². The van der Waals surface area contributed by atoms with E-state index in [4.69, 9.17) is 4.74 Å². The van der Waals surface area contributed by atoms with E-state index < -0.39 is 0 Å². The second-order valence-corrected chi connectivity index (χ2v) is 6.03. The van der Waals surface area contributed by atoms with Crippen LogP contribution in [-0.2, 0) is 7.05 Å². The van der Waals surface area contributed by atoms with E-state index in [1.54, 1.807) is 28.7 Å². The second-order valence-electron chi connectivity index (χ2n) is 5.14. The van der Waals surface area contributed by atoms with E-state index in [0.717, 1.165) is 33.0 Å². The summed E-state index contributed by atoms with van der Waals surface area (Å²) in [7, 11) is 3.53. The Morgan fingerprint density at radius 2 is 2.04 bits per heavy atom. The molecule has 6 nitrogen and oxygen atoms in total. The lowest BCUT2D eigenvalue weighted by Crippen LogP contribution is -1.94. The number of rotatable bonds is 2. The number of methoxy groups -OCH3 is 1. The summed E-state index contributed by atoms with van der Waals surface area (Å²) >= 11 is 1.51. The van der Waals surface area contributed by atoms with Crippen LogP contribution in [0.4, 0.5) is 0 Å². The van der Waals surface area contributed by atoms with Crippen LogP contribution in [0.5, 0.6) is 5.75 Å². The minimum atomic E-state index is 0.720. The van der Waals surface area contributed by atoms with E-state index in [9.17, 15) is 0 Å². The van der Waals surface area contributed by atoms with Crippen molar-refractivity contribution in [1.82, 2.24) is 24.4 Å². The van der Waals surface area contributed by atoms with Gasteiger partial charge < -0.3 is 4.74 Å². The molecular weight excluding hydrogens is 322 g/mol. The van der Waals surface area contributed by atoms with Crippen molar-refractivity contribution in [3.8, 4) is 28.7 Å². The molecule has 0 aromatic carbocycles. The van der Waals surface area contributed by atoms with Crippen molar-refractivity contribution in [3.63, 3.8) is 0 Å². The van der Waals surface area contributed by atoms with Crippen LogP contribution in [0.1, 0.15) is 10.6 Å². The minimum absolute atomic E-state index is 0.720. The van der Waals surface area contributed by atoms with Crippen molar-refractivity contribution in [2.75, 3.05) is 7.11 Å². The largest absolute Gasteiger partial charge is 0.494 e. The normalized spacial score (nSPS) is 10.6. The molecule has 24 heavy (non-hydrogen) atoms. The maximum Gasteiger partial charge on any atom is 0.167 e. The Morgan fingerprint density at radius 3 is 2.75 bits per heavy atom. The Balaban J connectivity index is 1.84. The van der Waals surface area contributed by atoms with Gasteiger partial charge in [0.15, 0.2) is 5.01 Å². The van der Waals surface area contributed by atoms with Crippen LogP contribution in [-0.4, -0.2) is 31.5 Å². The summed E-state index contributed by atoms with van der Waals surface area (Å²) in [6, 6.07) is 1.97. The van der Waals surface area contributed by atoms with Crippen molar-refractivity contribution in [2.45, 2.75) is 0 Å². The van der Waals surface area contributed by atoms with E-state index >= 15 is 0 Å². The smallest absolute Gasteiger partial charge is 0.167 e. The second kappa shape index (κ2) is 5.83. The van der Waals surface area contributed by atoms with E-state index in [1.165, 1.54) is 11.3 Å². The average molecular weight is 335 g/mol. The van der Waals surface area contributed by atoms with Gasteiger partial charge in [0.2, 0.25) is 0 Å². The first-order valence-electron chi connectivity index (χ1n) is 7.20. The van der Waals surface area contributed by atoms with Crippen molar-refractivity contribution in [2.24, 2.45) is 7.05 Å². The van der Waals surface area contributed by atoms with Gasteiger partial charge in [-0.25, -0.2) is 9.50 Å². The Kier molecular flexibility index (Phi) is 3.52. The first kappa shape index (κ1) is 14.5. The van der Waals surface area contributed by atoms with Crippen LogP contribution in [0.2, 0.25) is 0 Å². The Morgan fingerprint density at radius 1 is 1.12 bits per heavy atom. The molecule has 4 aromatic rings. The summed E-state index contributed by atoms with van der Waals surface area (Å²) in [6.45, 7) is 0. The van der Waals surface area contributed by atoms with Gasteiger partial charge in [-0.3, -0.25) is 4.68 Å². The van der Waals surface area contributed by atoms with Crippen LogP contribution in [0.3, 0.4) is 0 Å². The summed E-state index contributed by atoms with van der Waals surface area (Å²) in [5.41, 5.74) is 3.63. The Bertz CT molecular complexity index is 1070. The fourth-order valence-corrected chi connectivity index (χ4v) is 2.95. The number of aryl methyl sites for hydroxylation is 1. The third-order valence-electron chi connectivity index (χ3n) is 3.57. The molecule has 0 radical (unpaired) electrons. The number of ether oxygens (including phenoxy) is 1. The number of hydrogen-bond acceptors (Lipinski definition) is 5. The van der Waals surface area contributed by atoms with Crippen LogP contribution < -0.4 is 4.74 Å². The fourth-order valence-electron chi connectivity index (χ4n) is 2.47. The number of nitrogens with zero attached hydrogens (tertiary/aromatic N) is 5. The quantitative estimate of drug-likeness (QED) is 0.528.